The van der Waals surface area contributed by atoms with Gasteiger partial charge in [-0.2, -0.15) is 0 Å². The Morgan fingerprint density at radius 3 is 1.68 bits per heavy atom. The van der Waals surface area contributed by atoms with Crippen molar-refractivity contribution in [1.29, 1.82) is 0 Å². The molecule has 0 aliphatic rings. The zero-order valence-corrected chi connectivity index (χ0v) is 19.7. The van der Waals surface area contributed by atoms with E-state index >= 15 is 0 Å². The molecule has 0 unspecified atom stereocenters. The molecule has 10 heteroatoms. The van der Waals surface area contributed by atoms with Crippen LogP contribution in [0.5, 0.6) is 0 Å². The first-order valence-electron chi connectivity index (χ1n) is 11.3. The minimum atomic E-state index is -0.0528. The molecule has 0 aliphatic heterocycles. The lowest BCUT2D eigenvalue weighted by Crippen LogP contribution is -2.28. The second-order valence-electron chi connectivity index (χ2n) is 6.67. The molecular formula is C21H43ClN2O7. The van der Waals surface area contributed by atoms with E-state index in [1.807, 2.05) is 0 Å². The molecular weight excluding hydrogens is 428 g/mol. The highest BCUT2D eigenvalue weighted by atomic mass is 35.5. The number of carbonyl (C=O) groups excluding carboxylic acids is 1. The van der Waals surface area contributed by atoms with Crippen LogP contribution in [0.15, 0.2) is 0 Å². The summed E-state index contributed by atoms with van der Waals surface area (Å²) in [6.07, 6.45) is 4.75. The summed E-state index contributed by atoms with van der Waals surface area (Å²) in [5.41, 5.74) is 5.31. The molecule has 0 heterocycles. The molecule has 0 atom stereocenters. The average Bonchev–Trinajstić information content (AvgIpc) is 2.77. The first-order chi connectivity index (χ1) is 15.3. The Labute approximate surface area is 192 Å². The van der Waals surface area contributed by atoms with Crippen LogP contribution < -0.4 is 11.1 Å². The SMILES string of the molecule is NCCOCCOCCOCCOCCC(=O)NCCOCCOCCCCCCCl. The second kappa shape index (κ2) is 27.5. The van der Waals surface area contributed by atoms with Crippen LogP contribution in [0.4, 0.5) is 0 Å². The summed E-state index contributed by atoms with van der Waals surface area (Å²) in [6, 6.07) is 0. The first-order valence-corrected chi connectivity index (χ1v) is 11.8. The summed E-state index contributed by atoms with van der Waals surface area (Å²) < 4.78 is 32.2. The Morgan fingerprint density at radius 1 is 0.613 bits per heavy atom. The molecule has 0 bridgehead atoms. The predicted octanol–water partition coefficient (Wildman–Crippen LogP) is 1.35. The molecule has 186 valence electrons. The van der Waals surface area contributed by atoms with Crippen molar-refractivity contribution in [2.24, 2.45) is 5.73 Å². The third-order valence-electron chi connectivity index (χ3n) is 3.96. The Hall–Kier alpha value is -0.520. The Balaban J connectivity index is 3.14. The normalized spacial score (nSPS) is 11.2. The fourth-order valence-electron chi connectivity index (χ4n) is 2.34. The summed E-state index contributed by atoms with van der Waals surface area (Å²) in [4.78, 5) is 11.7. The van der Waals surface area contributed by atoms with Gasteiger partial charge in [0.05, 0.1) is 72.7 Å². The third-order valence-corrected chi connectivity index (χ3v) is 4.23. The average molecular weight is 471 g/mol. The zero-order valence-electron chi connectivity index (χ0n) is 19.0. The van der Waals surface area contributed by atoms with Crippen molar-refractivity contribution >= 4 is 17.5 Å². The van der Waals surface area contributed by atoms with Gasteiger partial charge in [0.25, 0.3) is 0 Å². The number of unbranched alkanes of at least 4 members (excludes halogenated alkanes) is 3. The van der Waals surface area contributed by atoms with Gasteiger partial charge in [-0.05, 0) is 12.8 Å². The monoisotopic (exact) mass is 470 g/mol. The van der Waals surface area contributed by atoms with Crippen molar-refractivity contribution in [3.05, 3.63) is 0 Å². The quantitative estimate of drug-likeness (QED) is 0.144. The molecule has 9 nitrogen and oxygen atoms in total. The number of nitrogens with one attached hydrogen (secondary N) is 1. The molecule has 0 aliphatic carbocycles. The van der Waals surface area contributed by atoms with E-state index in [2.05, 4.69) is 5.32 Å². The number of amides is 1. The van der Waals surface area contributed by atoms with Gasteiger partial charge >= 0.3 is 0 Å². The predicted molar refractivity (Wildman–Crippen MR) is 121 cm³/mol. The van der Waals surface area contributed by atoms with Gasteiger partial charge < -0.3 is 39.5 Å². The van der Waals surface area contributed by atoms with Gasteiger partial charge in [0.15, 0.2) is 0 Å². The lowest BCUT2D eigenvalue weighted by Gasteiger charge is -2.08. The van der Waals surface area contributed by atoms with Crippen molar-refractivity contribution in [2.75, 3.05) is 98.3 Å². The number of alkyl halides is 1. The summed E-state index contributed by atoms with van der Waals surface area (Å²) in [7, 11) is 0. The van der Waals surface area contributed by atoms with Crippen molar-refractivity contribution in [3.8, 4) is 0 Å². The topological polar surface area (TPSA) is 111 Å². The highest BCUT2D eigenvalue weighted by molar-refractivity contribution is 6.17. The molecule has 3 N–H and O–H groups in total. The lowest BCUT2D eigenvalue weighted by atomic mass is 10.2. The third kappa shape index (κ3) is 27.4. The lowest BCUT2D eigenvalue weighted by molar-refractivity contribution is -0.122. The maximum atomic E-state index is 11.7. The molecule has 0 spiro atoms. The number of ether oxygens (including phenoxy) is 6. The maximum absolute atomic E-state index is 11.7. The smallest absolute Gasteiger partial charge is 0.222 e. The van der Waals surface area contributed by atoms with Crippen LogP contribution in [-0.4, -0.2) is 104 Å². The largest absolute Gasteiger partial charge is 0.379 e. The maximum Gasteiger partial charge on any atom is 0.222 e. The van der Waals surface area contributed by atoms with E-state index in [0.29, 0.717) is 92.2 Å². The van der Waals surface area contributed by atoms with Crippen LogP contribution in [0.1, 0.15) is 32.1 Å². The summed E-state index contributed by atoms with van der Waals surface area (Å²) in [5.74, 6) is 0.681. The highest BCUT2D eigenvalue weighted by Crippen LogP contribution is 2.01. The second-order valence-corrected chi connectivity index (χ2v) is 7.04. The fraction of sp³-hybridized carbons (Fsp3) is 0.952. The van der Waals surface area contributed by atoms with Crippen molar-refractivity contribution < 1.29 is 33.2 Å². The van der Waals surface area contributed by atoms with Crippen molar-refractivity contribution in [2.45, 2.75) is 32.1 Å². The van der Waals surface area contributed by atoms with Crippen LogP contribution in [0.25, 0.3) is 0 Å². The summed E-state index contributed by atoms with van der Waals surface area (Å²) in [6.45, 7) is 7.26. The van der Waals surface area contributed by atoms with E-state index in [1.165, 1.54) is 0 Å². The van der Waals surface area contributed by atoms with Crippen molar-refractivity contribution in [3.63, 3.8) is 0 Å². The van der Waals surface area contributed by atoms with Gasteiger partial charge in [-0.1, -0.05) is 12.8 Å². The van der Waals surface area contributed by atoms with Gasteiger partial charge in [0.2, 0.25) is 5.91 Å². The van der Waals surface area contributed by atoms with E-state index in [4.69, 9.17) is 45.8 Å². The minimum Gasteiger partial charge on any atom is -0.379 e. The Bertz CT molecular complexity index is 369. The Kier molecular flexibility index (Phi) is 27.1. The number of hydrogen-bond acceptors (Lipinski definition) is 8. The van der Waals surface area contributed by atoms with Crippen LogP contribution in [0, 0.1) is 0 Å². The van der Waals surface area contributed by atoms with Gasteiger partial charge in [0, 0.05) is 32.0 Å². The van der Waals surface area contributed by atoms with E-state index in [9.17, 15) is 4.79 Å². The molecule has 0 aromatic heterocycles. The van der Waals surface area contributed by atoms with Gasteiger partial charge in [-0.25, -0.2) is 0 Å². The number of nitrogens with two attached hydrogens (primary N) is 1. The Morgan fingerprint density at radius 2 is 1.10 bits per heavy atom. The molecule has 0 saturated carbocycles. The molecule has 31 heavy (non-hydrogen) atoms. The van der Waals surface area contributed by atoms with E-state index in [-0.39, 0.29) is 5.91 Å². The fourth-order valence-corrected chi connectivity index (χ4v) is 2.52. The highest BCUT2D eigenvalue weighted by Gasteiger charge is 2.01. The molecule has 0 aromatic carbocycles. The number of hydrogen-bond donors (Lipinski definition) is 2. The summed E-state index contributed by atoms with van der Waals surface area (Å²) in [5, 5.41) is 2.80. The van der Waals surface area contributed by atoms with Crippen LogP contribution >= 0.6 is 11.6 Å². The summed E-state index contributed by atoms with van der Waals surface area (Å²) >= 11 is 5.62. The van der Waals surface area contributed by atoms with E-state index in [0.717, 1.165) is 38.2 Å². The number of carbonyl (C=O) groups is 1. The minimum absolute atomic E-state index is 0.0528. The van der Waals surface area contributed by atoms with E-state index in [1.54, 1.807) is 0 Å². The van der Waals surface area contributed by atoms with Crippen LogP contribution in [0.3, 0.4) is 0 Å². The van der Waals surface area contributed by atoms with Crippen LogP contribution in [0.2, 0.25) is 0 Å². The number of rotatable bonds is 26. The van der Waals surface area contributed by atoms with Gasteiger partial charge in [-0.3, -0.25) is 4.79 Å². The molecule has 1 amide bonds. The number of halogens is 1. The molecule has 0 saturated heterocycles. The standard InChI is InChI=1S/C21H43ClN2O7/c22-6-3-1-2-4-9-26-13-16-29-12-8-24-21(25)5-10-27-14-17-30-19-20-31-18-15-28-11-7-23/h1-20,23H2,(H,24,25). The zero-order chi connectivity index (χ0) is 22.7. The van der Waals surface area contributed by atoms with Gasteiger partial charge in [0.1, 0.15) is 0 Å². The molecule has 0 aromatic rings. The molecule has 0 radical (unpaired) electrons. The molecule has 0 rings (SSSR count). The van der Waals surface area contributed by atoms with E-state index < -0.39 is 0 Å². The first kappa shape index (κ1) is 30.5. The molecule has 0 fully saturated rings. The van der Waals surface area contributed by atoms with Crippen molar-refractivity contribution in [1.82, 2.24) is 5.32 Å². The van der Waals surface area contributed by atoms with Gasteiger partial charge in [-0.15, -0.1) is 11.6 Å². The van der Waals surface area contributed by atoms with Crippen LogP contribution in [-0.2, 0) is 33.2 Å².